The lowest BCUT2D eigenvalue weighted by Gasteiger charge is -2.39. The van der Waals surface area contributed by atoms with Gasteiger partial charge in [-0.25, -0.2) is 4.79 Å². The summed E-state index contributed by atoms with van der Waals surface area (Å²) in [5.41, 5.74) is -0.898. The lowest BCUT2D eigenvalue weighted by atomic mass is 9.80. The monoisotopic (exact) mass is 308 g/mol. The minimum absolute atomic E-state index is 0.183. The quantitative estimate of drug-likeness (QED) is 0.870. The van der Waals surface area contributed by atoms with Crippen LogP contribution in [0.3, 0.4) is 0 Å². The first-order valence-electron chi connectivity index (χ1n) is 6.98. The highest BCUT2D eigenvalue weighted by atomic mass is 19.4. The number of likely N-dealkylation sites (tertiary alicyclic amines) is 1. The maximum Gasteiger partial charge on any atom is 0.406 e. The highest BCUT2D eigenvalue weighted by molar-refractivity contribution is 5.77. The maximum atomic E-state index is 12.6. The topological polar surface area (TPSA) is 60.9 Å². The Hall–Kier alpha value is -1.47. The number of carbonyl (C=O) groups excluding carboxylic acids is 1. The molecule has 21 heavy (non-hydrogen) atoms. The number of urea groups is 1. The molecule has 1 heterocycles. The Labute approximate surface area is 120 Å². The molecule has 0 aromatic rings. The zero-order valence-corrected chi connectivity index (χ0v) is 11.8. The smallest absolute Gasteiger partial charge is 0.406 e. The van der Waals surface area contributed by atoms with Gasteiger partial charge < -0.3 is 14.9 Å². The number of hydrogen-bond acceptors (Lipinski definition) is 2. The average molecular weight is 308 g/mol. The van der Waals surface area contributed by atoms with E-state index in [-0.39, 0.29) is 32.0 Å². The van der Waals surface area contributed by atoms with Crippen LogP contribution in [0.4, 0.5) is 18.0 Å². The molecule has 8 heteroatoms. The molecule has 2 fully saturated rings. The third-order valence-corrected chi connectivity index (χ3v) is 4.24. The van der Waals surface area contributed by atoms with Crippen molar-refractivity contribution in [1.82, 2.24) is 9.80 Å². The van der Waals surface area contributed by atoms with Gasteiger partial charge in [-0.3, -0.25) is 4.79 Å². The first kappa shape index (κ1) is 15.9. The Morgan fingerprint density at radius 2 is 1.81 bits per heavy atom. The fraction of sp³-hybridized carbons (Fsp3) is 0.846. The lowest BCUT2D eigenvalue weighted by Crippen LogP contribution is -2.52. The van der Waals surface area contributed by atoms with Gasteiger partial charge in [0.05, 0.1) is 5.41 Å². The molecule has 0 bridgehead atoms. The van der Waals surface area contributed by atoms with Crippen molar-refractivity contribution in [3.63, 3.8) is 0 Å². The third kappa shape index (κ3) is 3.79. The van der Waals surface area contributed by atoms with Crippen molar-refractivity contribution in [1.29, 1.82) is 0 Å². The zero-order chi connectivity index (χ0) is 15.8. The number of hydrogen-bond donors (Lipinski definition) is 1. The molecule has 2 aliphatic rings. The van der Waals surface area contributed by atoms with Crippen molar-refractivity contribution in [2.75, 3.05) is 19.6 Å². The fourth-order valence-electron chi connectivity index (χ4n) is 2.52. The summed E-state index contributed by atoms with van der Waals surface area (Å²) < 4.78 is 37.7. The molecule has 1 saturated heterocycles. The molecule has 0 atom stereocenters. The van der Waals surface area contributed by atoms with Gasteiger partial charge in [0.2, 0.25) is 0 Å². The minimum Gasteiger partial charge on any atom is -0.481 e. The van der Waals surface area contributed by atoms with E-state index in [1.165, 1.54) is 4.90 Å². The van der Waals surface area contributed by atoms with Crippen molar-refractivity contribution < 1.29 is 27.9 Å². The normalized spacial score (nSPS) is 22.0. The summed E-state index contributed by atoms with van der Waals surface area (Å²) in [5.74, 6) is -0.927. The second-order valence-corrected chi connectivity index (χ2v) is 6.11. The van der Waals surface area contributed by atoms with E-state index in [1.807, 2.05) is 0 Å². The summed E-state index contributed by atoms with van der Waals surface area (Å²) in [6.45, 7) is 0.736. The number of aliphatic carboxylic acids is 1. The molecule has 1 saturated carbocycles. The van der Waals surface area contributed by atoms with Crippen LogP contribution in [0, 0.1) is 5.41 Å². The summed E-state index contributed by atoms with van der Waals surface area (Å²) >= 11 is 0. The molecule has 0 aromatic heterocycles. The summed E-state index contributed by atoms with van der Waals surface area (Å²) in [6.07, 6.45) is -2.69. The molecule has 2 amide bonds. The first-order valence-corrected chi connectivity index (χ1v) is 6.98. The van der Waals surface area contributed by atoms with Gasteiger partial charge in [-0.1, -0.05) is 0 Å². The molecule has 1 N–H and O–H groups in total. The number of nitrogens with zero attached hydrogens (tertiary/aromatic N) is 2. The number of carboxylic acid groups (broad SMARTS) is 1. The van der Waals surface area contributed by atoms with Crippen molar-refractivity contribution in [3.8, 4) is 0 Å². The number of rotatable bonds is 3. The molecule has 0 unspecified atom stereocenters. The largest absolute Gasteiger partial charge is 0.481 e. The molecular formula is C13H19F3N2O3. The SMILES string of the molecule is CC1(C(=O)O)CCN(C(=O)N(CC(F)(F)F)C2CC2)CC1. The summed E-state index contributed by atoms with van der Waals surface area (Å²) in [7, 11) is 0. The summed E-state index contributed by atoms with van der Waals surface area (Å²) in [5, 5.41) is 9.12. The van der Waals surface area contributed by atoms with Crippen molar-refractivity contribution in [3.05, 3.63) is 0 Å². The van der Waals surface area contributed by atoms with Crippen molar-refractivity contribution in [2.45, 2.75) is 44.8 Å². The Balaban J connectivity index is 1.98. The molecule has 0 spiro atoms. The van der Waals surface area contributed by atoms with Gasteiger partial charge in [0.15, 0.2) is 0 Å². The standard InChI is InChI=1S/C13H19F3N2O3/c1-12(10(19)20)4-6-17(7-5-12)11(21)18(9-2-3-9)8-13(14,15)16/h9H,2-8H2,1H3,(H,19,20). The van der Waals surface area contributed by atoms with Gasteiger partial charge in [-0.15, -0.1) is 0 Å². The van der Waals surface area contributed by atoms with Crippen molar-refractivity contribution in [2.24, 2.45) is 5.41 Å². The molecule has 1 aliphatic heterocycles. The van der Waals surface area contributed by atoms with Crippen LogP contribution >= 0.6 is 0 Å². The molecule has 2 rings (SSSR count). The number of alkyl halides is 3. The van der Waals surface area contributed by atoms with E-state index in [0.717, 1.165) is 4.90 Å². The lowest BCUT2D eigenvalue weighted by molar-refractivity contribution is -0.150. The van der Waals surface area contributed by atoms with E-state index >= 15 is 0 Å². The van der Waals surface area contributed by atoms with Crippen LogP contribution in [-0.2, 0) is 4.79 Å². The second kappa shape index (κ2) is 5.38. The predicted octanol–water partition coefficient (Wildman–Crippen LogP) is 2.32. The number of amides is 2. The maximum absolute atomic E-state index is 12.6. The fourth-order valence-corrected chi connectivity index (χ4v) is 2.52. The van der Waals surface area contributed by atoms with E-state index in [9.17, 15) is 22.8 Å². The summed E-state index contributed by atoms with van der Waals surface area (Å²) in [6, 6.07) is -0.950. The van der Waals surface area contributed by atoms with Crippen LogP contribution in [0.25, 0.3) is 0 Å². The van der Waals surface area contributed by atoms with Crippen LogP contribution < -0.4 is 0 Å². The predicted molar refractivity (Wildman–Crippen MR) is 67.7 cm³/mol. The van der Waals surface area contributed by atoms with E-state index in [0.29, 0.717) is 12.8 Å². The Morgan fingerprint density at radius 1 is 1.29 bits per heavy atom. The molecule has 0 aromatic carbocycles. The van der Waals surface area contributed by atoms with Gasteiger partial charge in [0.25, 0.3) is 0 Å². The second-order valence-electron chi connectivity index (χ2n) is 6.11. The molecular weight excluding hydrogens is 289 g/mol. The number of halogens is 3. The van der Waals surface area contributed by atoms with E-state index < -0.39 is 30.1 Å². The molecule has 0 radical (unpaired) electrons. The van der Waals surface area contributed by atoms with Crippen LogP contribution in [0.5, 0.6) is 0 Å². The number of carbonyl (C=O) groups is 2. The summed E-state index contributed by atoms with van der Waals surface area (Å²) in [4.78, 5) is 25.6. The Kier molecular flexibility index (Phi) is 4.08. The highest BCUT2D eigenvalue weighted by Gasteiger charge is 2.44. The van der Waals surface area contributed by atoms with Crippen molar-refractivity contribution >= 4 is 12.0 Å². The number of piperidine rings is 1. The first-order chi connectivity index (χ1) is 9.62. The van der Waals surface area contributed by atoms with Gasteiger partial charge in [-0.2, -0.15) is 13.2 Å². The van der Waals surface area contributed by atoms with Gasteiger partial charge >= 0.3 is 18.2 Å². The average Bonchev–Trinajstić information content (AvgIpc) is 3.19. The van der Waals surface area contributed by atoms with E-state index in [1.54, 1.807) is 6.92 Å². The Bertz CT molecular complexity index is 427. The van der Waals surface area contributed by atoms with Gasteiger partial charge in [0.1, 0.15) is 6.54 Å². The Morgan fingerprint density at radius 3 is 2.19 bits per heavy atom. The molecule has 1 aliphatic carbocycles. The minimum atomic E-state index is -4.41. The van der Waals surface area contributed by atoms with Crippen LogP contribution in [-0.4, -0.2) is 58.8 Å². The van der Waals surface area contributed by atoms with E-state index in [2.05, 4.69) is 0 Å². The molecule has 5 nitrogen and oxygen atoms in total. The van der Waals surface area contributed by atoms with Crippen LogP contribution in [0.2, 0.25) is 0 Å². The van der Waals surface area contributed by atoms with Crippen LogP contribution in [0.1, 0.15) is 32.6 Å². The van der Waals surface area contributed by atoms with E-state index in [4.69, 9.17) is 5.11 Å². The third-order valence-electron chi connectivity index (χ3n) is 4.24. The highest BCUT2D eigenvalue weighted by Crippen LogP contribution is 2.34. The zero-order valence-electron chi connectivity index (χ0n) is 11.8. The van der Waals surface area contributed by atoms with Gasteiger partial charge in [-0.05, 0) is 32.6 Å². The number of carboxylic acids is 1. The molecule has 120 valence electrons. The van der Waals surface area contributed by atoms with Crippen LogP contribution in [0.15, 0.2) is 0 Å². The van der Waals surface area contributed by atoms with Gasteiger partial charge in [0, 0.05) is 19.1 Å².